The van der Waals surface area contributed by atoms with Crippen LogP contribution in [0.25, 0.3) is 0 Å². The summed E-state index contributed by atoms with van der Waals surface area (Å²) in [5, 5.41) is 19.4. The van der Waals surface area contributed by atoms with Gasteiger partial charge in [0.2, 0.25) is 0 Å². The molecular weight excluding hydrogens is 272 g/mol. The van der Waals surface area contributed by atoms with Gasteiger partial charge in [-0.25, -0.2) is 0 Å². The van der Waals surface area contributed by atoms with E-state index in [2.05, 4.69) is 0 Å². The SMILES string of the molecule is CC(=O)c1ccc(Oc2ccc(C(C)=O)c(O)c2)cc1O. The van der Waals surface area contributed by atoms with E-state index in [9.17, 15) is 19.8 Å². The van der Waals surface area contributed by atoms with Gasteiger partial charge in [-0.05, 0) is 38.1 Å². The van der Waals surface area contributed by atoms with Crippen LogP contribution in [0.1, 0.15) is 34.6 Å². The molecule has 2 aromatic carbocycles. The second kappa shape index (κ2) is 5.66. The van der Waals surface area contributed by atoms with Crippen LogP contribution in [0.5, 0.6) is 23.0 Å². The molecule has 5 nitrogen and oxygen atoms in total. The molecule has 0 unspecified atom stereocenters. The van der Waals surface area contributed by atoms with E-state index in [4.69, 9.17) is 4.74 Å². The Kier molecular flexibility index (Phi) is 3.93. The number of hydrogen-bond acceptors (Lipinski definition) is 5. The van der Waals surface area contributed by atoms with Gasteiger partial charge in [-0.2, -0.15) is 0 Å². The van der Waals surface area contributed by atoms with Gasteiger partial charge in [-0.1, -0.05) is 0 Å². The van der Waals surface area contributed by atoms with E-state index >= 15 is 0 Å². The molecule has 21 heavy (non-hydrogen) atoms. The lowest BCUT2D eigenvalue weighted by molar-refractivity contribution is 0.100. The summed E-state index contributed by atoms with van der Waals surface area (Å²) in [5.41, 5.74) is 0.411. The van der Waals surface area contributed by atoms with Crippen molar-refractivity contribution in [3.05, 3.63) is 47.5 Å². The van der Waals surface area contributed by atoms with E-state index in [0.717, 1.165) is 0 Å². The van der Waals surface area contributed by atoms with E-state index in [1.165, 1.54) is 50.2 Å². The molecule has 5 heteroatoms. The second-order valence-corrected chi connectivity index (χ2v) is 4.57. The zero-order valence-corrected chi connectivity index (χ0v) is 11.6. The summed E-state index contributed by atoms with van der Waals surface area (Å²) in [6.07, 6.45) is 0. The molecule has 0 amide bonds. The van der Waals surface area contributed by atoms with Crippen LogP contribution in [0.2, 0.25) is 0 Å². The third kappa shape index (κ3) is 3.20. The van der Waals surface area contributed by atoms with Crippen LogP contribution in [-0.4, -0.2) is 21.8 Å². The summed E-state index contributed by atoms with van der Waals surface area (Å²) in [7, 11) is 0. The van der Waals surface area contributed by atoms with Crippen molar-refractivity contribution in [2.75, 3.05) is 0 Å². The topological polar surface area (TPSA) is 83.8 Å². The van der Waals surface area contributed by atoms with Gasteiger partial charge in [-0.15, -0.1) is 0 Å². The minimum atomic E-state index is -0.248. The molecule has 2 rings (SSSR count). The fraction of sp³-hybridized carbons (Fsp3) is 0.125. The molecule has 2 aromatic rings. The molecule has 0 aliphatic heterocycles. The summed E-state index contributed by atoms with van der Waals surface area (Å²) in [4.78, 5) is 22.4. The number of Topliss-reactive ketones (excluding diaryl/α,β-unsaturated/α-hetero) is 2. The first-order chi connectivity index (χ1) is 9.88. The summed E-state index contributed by atoms with van der Waals surface area (Å²) < 4.78 is 5.47. The van der Waals surface area contributed by atoms with Gasteiger partial charge in [0.15, 0.2) is 11.6 Å². The summed E-state index contributed by atoms with van der Waals surface area (Å²) in [6, 6.07) is 8.60. The molecule has 0 aromatic heterocycles. The van der Waals surface area contributed by atoms with Crippen LogP contribution in [0.3, 0.4) is 0 Å². The first-order valence-electron chi connectivity index (χ1n) is 6.24. The van der Waals surface area contributed by atoms with E-state index in [0.29, 0.717) is 11.5 Å². The molecule has 0 fully saturated rings. The Labute approximate surface area is 121 Å². The Hall–Kier alpha value is -2.82. The number of ketones is 2. The van der Waals surface area contributed by atoms with Crippen molar-refractivity contribution in [2.45, 2.75) is 13.8 Å². The minimum Gasteiger partial charge on any atom is -0.507 e. The highest BCUT2D eigenvalue weighted by Gasteiger charge is 2.10. The molecule has 2 N–H and O–H groups in total. The maximum absolute atomic E-state index is 11.2. The average molecular weight is 286 g/mol. The Morgan fingerprint density at radius 3 is 1.48 bits per heavy atom. The lowest BCUT2D eigenvalue weighted by Gasteiger charge is -2.09. The van der Waals surface area contributed by atoms with Gasteiger partial charge in [0.05, 0.1) is 11.1 Å². The molecule has 0 radical (unpaired) electrons. The third-order valence-corrected chi connectivity index (χ3v) is 2.93. The van der Waals surface area contributed by atoms with Crippen molar-refractivity contribution in [1.82, 2.24) is 0 Å². The fourth-order valence-corrected chi connectivity index (χ4v) is 1.88. The Balaban J connectivity index is 2.26. The molecule has 0 saturated heterocycles. The van der Waals surface area contributed by atoms with Gasteiger partial charge in [-0.3, -0.25) is 9.59 Å². The zero-order chi connectivity index (χ0) is 15.6. The standard InChI is InChI=1S/C16H14O5/c1-9(17)13-5-3-11(7-15(13)19)21-12-4-6-14(10(2)18)16(20)8-12/h3-8,19-20H,1-2H3. The van der Waals surface area contributed by atoms with Crippen LogP contribution < -0.4 is 4.74 Å². The Bertz CT molecular complexity index is 657. The lowest BCUT2D eigenvalue weighted by Crippen LogP contribution is -1.94. The third-order valence-electron chi connectivity index (χ3n) is 2.93. The van der Waals surface area contributed by atoms with Crippen LogP contribution in [0.15, 0.2) is 36.4 Å². The van der Waals surface area contributed by atoms with Crippen molar-refractivity contribution in [3.8, 4) is 23.0 Å². The van der Waals surface area contributed by atoms with E-state index in [1.807, 2.05) is 0 Å². The van der Waals surface area contributed by atoms with Gasteiger partial charge < -0.3 is 14.9 Å². The number of ether oxygens (including phenoxy) is 1. The number of phenols is 2. The predicted octanol–water partition coefficient (Wildman–Crippen LogP) is 3.30. The zero-order valence-electron chi connectivity index (χ0n) is 11.6. The number of aromatic hydroxyl groups is 2. The molecule has 0 heterocycles. The van der Waals surface area contributed by atoms with Gasteiger partial charge >= 0.3 is 0 Å². The van der Waals surface area contributed by atoms with E-state index in [1.54, 1.807) is 0 Å². The molecular formula is C16H14O5. The number of hydrogen-bond donors (Lipinski definition) is 2. The normalized spacial score (nSPS) is 10.2. The summed E-state index contributed by atoms with van der Waals surface area (Å²) in [5.74, 6) is -0.223. The molecule has 0 aliphatic rings. The van der Waals surface area contributed by atoms with Gasteiger partial charge in [0.25, 0.3) is 0 Å². The van der Waals surface area contributed by atoms with Crippen molar-refractivity contribution in [1.29, 1.82) is 0 Å². The predicted molar refractivity (Wildman–Crippen MR) is 76.3 cm³/mol. The maximum atomic E-state index is 11.2. The second-order valence-electron chi connectivity index (χ2n) is 4.57. The average Bonchev–Trinajstić information content (AvgIpc) is 2.37. The van der Waals surface area contributed by atoms with Crippen molar-refractivity contribution in [2.24, 2.45) is 0 Å². The van der Waals surface area contributed by atoms with Gasteiger partial charge in [0, 0.05) is 12.1 Å². The van der Waals surface area contributed by atoms with Gasteiger partial charge in [0.1, 0.15) is 23.0 Å². The Morgan fingerprint density at radius 2 is 1.19 bits per heavy atom. The fourth-order valence-electron chi connectivity index (χ4n) is 1.88. The van der Waals surface area contributed by atoms with E-state index < -0.39 is 0 Å². The Morgan fingerprint density at radius 1 is 0.810 bits per heavy atom. The highest BCUT2D eigenvalue weighted by molar-refractivity contribution is 5.97. The summed E-state index contributed by atoms with van der Waals surface area (Å²) >= 11 is 0. The summed E-state index contributed by atoms with van der Waals surface area (Å²) in [6.45, 7) is 2.71. The number of rotatable bonds is 4. The van der Waals surface area contributed by atoms with Crippen LogP contribution in [-0.2, 0) is 0 Å². The number of carbonyl (C=O) groups is 2. The largest absolute Gasteiger partial charge is 0.507 e. The monoisotopic (exact) mass is 286 g/mol. The van der Waals surface area contributed by atoms with Crippen molar-refractivity contribution in [3.63, 3.8) is 0 Å². The molecule has 0 spiro atoms. The molecule has 0 saturated carbocycles. The molecule has 108 valence electrons. The van der Waals surface area contributed by atoms with Crippen LogP contribution >= 0.6 is 0 Å². The van der Waals surface area contributed by atoms with Crippen molar-refractivity contribution >= 4 is 11.6 Å². The number of phenolic OH excluding ortho intramolecular Hbond substituents is 2. The molecule has 0 aliphatic carbocycles. The van der Waals surface area contributed by atoms with Crippen LogP contribution in [0, 0.1) is 0 Å². The highest BCUT2D eigenvalue weighted by Crippen LogP contribution is 2.30. The minimum absolute atomic E-state index is 0.176. The smallest absolute Gasteiger partial charge is 0.163 e. The van der Waals surface area contributed by atoms with E-state index in [-0.39, 0.29) is 34.2 Å². The number of carbonyl (C=O) groups excluding carboxylic acids is 2. The van der Waals surface area contributed by atoms with Crippen LogP contribution in [0.4, 0.5) is 0 Å². The first-order valence-corrected chi connectivity index (χ1v) is 6.24. The maximum Gasteiger partial charge on any atom is 0.163 e. The molecule has 0 atom stereocenters. The van der Waals surface area contributed by atoms with Crippen molar-refractivity contribution < 1.29 is 24.5 Å². The first kappa shape index (κ1) is 14.6. The number of benzene rings is 2. The molecule has 0 bridgehead atoms. The lowest BCUT2D eigenvalue weighted by atomic mass is 10.1. The highest BCUT2D eigenvalue weighted by atomic mass is 16.5. The quantitative estimate of drug-likeness (QED) is 0.842.